The molecule has 1 spiro atoms. The summed E-state index contributed by atoms with van der Waals surface area (Å²) in [7, 11) is 0. The van der Waals surface area contributed by atoms with Gasteiger partial charge in [0, 0.05) is 50.4 Å². The van der Waals surface area contributed by atoms with E-state index in [1.165, 1.54) is 6.26 Å². The Morgan fingerprint density at radius 3 is 3.19 bits per heavy atom. The largest absolute Gasteiger partial charge is 0.459 e. The minimum absolute atomic E-state index is 0.0652. The lowest BCUT2D eigenvalue weighted by Crippen LogP contribution is -2.41. The molecule has 0 aliphatic carbocycles. The molecule has 0 aromatic carbocycles. The fraction of sp³-hybridized carbons (Fsp3) is 0.500. The number of nitrogens with zero attached hydrogens (tertiary/aromatic N) is 2. The molecule has 0 saturated carbocycles. The van der Waals surface area contributed by atoms with Gasteiger partial charge in [0.1, 0.15) is 0 Å². The Balaban J connectivity index is 1.26. The Morgan fingerprint density at radius 1 is 1.44 bits per heavy atom. The van der Waals surface area contributed by atoms with Crippen LogP contribution < -0.4 is 5.32 Å². The smallest absolute Gasteiger partial charge is 0.286 e. The van der Waals surface area contributed by atoms with E-state index < -0.39 is 0 Å². The van der Waals surface area contributed by atoms with Gasteiger partial charge in [-0.25, -0.2) is 0 Å². The van der Waals surface area contributed by atoms with Crippen LogP contribution in [0.3, 0.4) is 0 Å². The molecule has 2 bridgehead atoms. The van der Waals surface area contributed by atoms with Crippen LogP contribution in [-0.4, -0.2) is 47.1 Å². The lowest BCUT2D eigenvalue weighted by molar-refractivity contribution is 0.00211. The summed E-state index contributed by atoms with van der Waals surface area (Å²) in [6.45, 7) is 3.32. The maximum atomic E-state index is 12.2. The van der Waals surface area contributed by atoms with Crippen LogP contribution in [0.2, 0.25) is 5.02 Å². The number of halogens is 1. The number of rotatable bonds is 5. The molecule has 0 unspecified atom stereocenters. The molecule has 7 heteroatoms. The van der Waals surface area contributed by atoms with Gasteiger partial charge in [0.2, 0.25) is 0 Å². The number of fused-ring (bicyclic) bond motifs is 1. The highest BCUT2D eigenvalue weighted by atomic mass is 35.5. The number of carbonyl (C=O) groups excluding carboxylic acids is 1. The monoisotopic (exact) mass is 387 g/mol. The van der Waals surface area contributed by atoms with E-state index in [0.29, 0.717) is 29.2 Å². The van der Waals surface area contributed by atoms with Gasteiger partial charge in [-0.2, -0.15) is 0 Å². The third-order valence-corrected chi connectivity index (χ3v) is 6.69. The summed E-state index contributed by atoms with van der Waals surface area (Å²) < 4.78 is 11.6. The molecule has 1 N–H and O–H groups in total. The van der Waals surface area contributed by atoms with Crippen molar-refractivity contribution in [3.8, 4) is 0 Å². The molecule has 4 atom stereocenters. The van der Waals surface area contributed by atoms with Crippen LogP contribution in [0.1, 0.15) is 29.0 Å². The standard InChI is InChI=1S/C20H22ClN3O3/c21-16-9-22-6-4-13(16)10-24-11-15-14(17-3-5-20(15,12-24)27-17)8-23-19(25)18-2-1-7-26-18/h1-2,4,6-7,9,14-15,17H,3,5,8,10-12H2,(H,23,25)/t14-,15+,17+,20+/m0/s1. The Labute approximate surface area is 162 Å². The second-order valence-electron chi connectivity index (χ2n) is 7.85. The SMILES string of the molecule is O=C(NC[C@H]1[C@H]2CN(Cc3ccncc3Cl)C[C@]23CC[C@H]1O3)c1ccco1. The average Bonchev–Trinajstić information content (AvgIpc) is 3.42. The van der Waals surface area contributed by atoms with Crippen molar-refractivity contribution < 1.29 is 13.9 Å². The maximum Gasteiger partial charge on any atom is 0.286 e. The molecule has 5 heterocycles. The lowest BCUT2D eigenvalue weighted by Gasteiger charge is -2.29. The van der Waals surface area contributed by atoms with Gasteiger partial charge in [0.25, 0.3) is 5.91 Å². The van der Waals surface area contributed by atoms with E-state index in [1.807, 2.05) is 6.07 Å². The van der Waals surface area contributed by atoms with E-state index in [1.54, 1.807) is 24.5 Å². The van der Waals surface area contributed by atoms with Gasteiger partial charge in [-0.05, 0) is 36.6 Å². The highest BCUT2D eigenvalue weighted by molar-refractivity contribution is 6.31. The number of hydrogen-bond donors (Lipinski definition) is 1. The summed E-state index contributed by atoms with van der Waals surface area (Å²) >= 11 is 6.29. The van der Waals surface area contributed by atoms with E-state index in [4.69, 9.17) is 20.8 Å². The predicted molar refractivity (Wildman–Crippen MR) is 99.4 cm³/mol. The summed E-state index contributed by atoms with van der Waals surface area (Å²) in [6.07, 6.45) is 7.42. The number of ether oxygens (including phenoxy) is 1. The Morgan fingerprint density at radius 2 is 2.37 bits per heavy atom. The van der Waals surface area contributed by atoms with Crippen LogP contribution in [0.5, 0.6) is 0 Å². The van der Waals surface area contributed by atoms with E-state index >= 15 is 0 Å². The zero-order chi connectivity index (χ0) is 18.4. The van der Waals surface area contributed by atoms with Crippen molar-refractivity contribution in [3.63, 3.8) is 0 Å². The number of aromatic nitrogens is 1. The van der Waals surface area contributed by atoms with E-state index in [0.717, 1.165) is 38.0 Å². The number of carbonyl (C=O) groups is 1. The Hall–Kier alpha value is -1.89. The number of hydrogen-bond acceptors (Lipinski definition) is 5. The summed E-state index contributed by atoms with van der Waals surface area (Å²) in [5.74, 6) is 0.980. The first kappa shape index (κ1) is 17.2. The predicted octanol–water partition coefficient (Wildman–Crippen LogP) is 2.74. The minimum atomic E-state index is -0.157. The van der Waals surface area contributed by atoms with E-state index in [-0.39, 0.29) is 17.6 Å². The summed E-state index contributed by atoms with van der Waals surface area (Å²) in [4.78, 5) is 18.7. The van der Waals surface area contributed by atoms with Gasteiger partial charge in [-0.1, -0.05) is 11.6 Å². The van der Waals surface area contributed by atoms with Crippen LogP contribution in [-0.2, 0) is 11.3 Å². The molecule has 3 aliphatic heterocycles. The van der Waals surface area contributed by atoms with Crippen molar-refractivity contribution in [2.75, 3.05) is 19.6 Å². The van der Waals surface area contributed by atoms with Gasteiger partial charge in [-0.3, -0.25) is 14.7 Å². The topological polar surface area (TPSA) is 67.6 Å². The molecule has 0 radical (unpaired) electrons. The average molecular weight is 388 g/mol. The summed E-state index contributed by atoms with van der Waals surface area (Å²) in [5.41, 5.74) is 1.03. The number of nitrogens with one attached hydrogen (secondary N) is 1. The lowest BCUT2D eigenvalue weighted by atomic mass is 9.73. The van der Waals surface area contributed by atoms with Gasteiger partial charge >= 0.3 is 0 Å². The molecule has 2 aromatic rings. The summed E-state index contributed by atoms with van der Waals surface area (Å²) in [5, 5.41) is 3.74. The third kappa shape index (κ3) is 2.96. The Bertz CT molecular complexity index is 843. The molecular formula is C20H22ClN3O3. The number of amides is 1. The highest BCUT2D eigenvalue weighted by Crippen LogP contribution is 2.54. The third-order valence-electron chi connectivity index (χ3n) is 6.35. The molecule has 142 valence electrons. The maximum absolute atomic E-state index is 12.2. The van der Waals surface area contributed by atoms with Crippen molar-refractivity contribution in [1.29, 1.82) is 0 Å². The second-order valence-corrected chi connectivity index (χ2v) is 8.26. The zero-order valence-corrected chi connectivity index (χ0v) is 15.7. The van der Waals surface area contributed by atoms with Gasteiger partial charge < -0.3 is 14.5 Å². The van der Waals surface area contributed by atoms with Crippen molar-refractivity contribution in [1.82, 2.24) is 15.2 Å². The van der Waals surface area contributed by atoms with Crippen LogP contribution in [0.25, 0.3) is 0 Å². The molecule has 3 fully saturated rings. The molecular weight excluding hydrogens is 366 g/mol. The number of pyridine rings is 1. The quantitative estimate of drug-likeness (QED) is 0.854. The minimum Gasteiger partial charge on any atom is -0.459 e. The van der Waals surface area contributed by atoms with Crippen molar-refractivity contribution in [2.24, 2.45) is 11.8 Å². The molecule has 5 rings (SSSR count). The highest BCUT2D eigenvalue weighted by Gasteiger charge is 2.62. The van der Waals surface area contributed by atoms with Crippen LogP contribution in [0, 0.1) is 11.8 Å². The molecule has 6 nitrogen and oxygen atoms in total. The summed E-state index contributed by atoms with van der Waals surface area (Å²) in [6, 6.07) is 5.39. The molecule has 3 saturated heterocycles. The van der Waals surface area contributed by atoms with E-state index in [9.17, 15) is 4.79 Å². The Kier molecular flexibility index (Phi) is 4.22. The van der Waals surface area contributed by atoms with Crippen molar-refractivity contribution in [2.45, 2.75) is 31.1 Å². The zero-order valence-electron chi connectivity index (χ0n) is 14.9. The molecule has 2 aromatic heterocycles. The molecule has 27 heavy (non-hydrogen) atoms. The van der Waals surface area contributed by atoms with Gasteiger partial charge in [-0.15, -0.1) is 0 Å². The van der Waals surface area contributed by atoms with Gasteiger partial charge in [0.15, 0.2) is 5.76 Å². The molecule has 3 aliphatic rings. The van der Waals surface area contributed by atoms with Crippen LogP contribution >= 0.6 is 11.6 Å². The van der Waals surface area contributed by atoms with Crippen LogP contribution in [0.4, 0.5) is 0 Å². The number of furan rings is 1. The number of likely N-dealkylation sites (tertiary alicyclic amines) is 1. The van der Waals surface area contributed by atoms with Crippen LogP contribution in [0.15, 0.2) is 41.3 Å². The first-order chi connectivity index (χ1) is 13.1. The van der Waals surface area contributed by atoms with Gasteiger partial charge in [0.05, 0.1) is 23.0 Å². The molecule has 1 amide bonds. The fourth-order valence-electron chi connectivity index (χ4n) is 5.16. The van der Waals surface area contributed by atoms with E-state index in [2.05, 4.69) is 15.2 Å². The fourth-order valence-corrected chi connectivity index (χ4v) is 5.34. The van der Waals surface area contributed by atoms with Crippen molar-refractivity contribution in [3.05, 3.63) is 53.2 Å². The second kappa shape index (κ2) is 6.62. The first-order valence-electron chi connectivity index (χ1n) is 9.45. The normalized spacial score (nSPS) is 32.0. The first-order valence-corrected chi connectivity index (χ1v) is 9.83. The van der Waals surface area contributed by atoms with Crippen molar-refractivity contribution >= 4 is 17.5 Å².